The maximum Gasteiger partial charge on any atom is 0.278 e. The van der Waals surface area contributed by atoms with Gasteiger partial charge in [-0.1, -0.05) is 42.5 Å². The number of anilines is 1. The third kappa shape index (κ3) is 3.97. The lowest BCUT2D eigenvalue weighted by Crippen LogP contribution is -2.40. The highest BCUT2D eigenvalue weighted by atomic mass is 16.5. The lowest BCUT2D eigenvalue weighted by Gasteiger charge is -2.29. The summed E-state index contributed by atoms with van der Waals surface area (Å²) in [6.07, 6.45) is 0. The number of hydrogen-bond acceptors (Lipinski definition) is 5. The number of amides is 3. The molecule has 7 nitrogen and oxygen atoms in total. The second-order valence-electron chi connectivity index (χ2n) is 7.26. The van der Waals surface area contributed by atoms with Crippen molar-refractivity contribution in [3.8, 4) is 0 Å². The molecule has 0 radical (unpaired) electrons. The Balaban J connectivity index is 1.70. The van der Waals surface area contributed by atoms with Crippen LogP contribution in [-0.2, 0) is 25.7 Å². The maximum absolute atomic E-state index is 13.4. The second kappa shape index (κ2) is 8.51. The Morgan fingerprint density at radius 1 is 0.967 bits per heavy atom. The van der Waals surface area contributed by atoms with Crippen molar-refractivity contribution in [3.63, 3.8) is 0 Å². The molecule has 2 aromatic carbocycles. The Hall–Kier alpha value is -3.45. The number of benzene rings is 2. The molecule has 2 aliphatic heterocycles. The molecule has 0 bridgehead atoms. The van der Waals surface area contributed by atoms with Gasteiger partial charge in [0.05, 0.1) is 25.3 Å². The number of carbonyl (C=O) groups excluding carboxylic acids is 3. The van der Waals surface area contributed by atoms with Gasteiger partial charge in [0.2, 0.25) is 5.91 Å². The third-order valence-corrected chi connectivity index (χ3v) is 5.15. The fourth-order valence-electron chi connectivity index (χ4n) is 3.74. The van der Waals surface area contributed by atoms with Crippen molar-refractivity contribution in [1.82, 2.24) is 9.80 Å². The van der Waals surface area contributed by atoms with Gasteiger partial charge >= 0.3 is 0 Å². The van der Waals surface area contributed by atoms with Gasteiger partial charge in [0, 0.05) is 25.7 Å². The molecule has 3 amide bonds. The summed E-state index contributed by atoms with van der Waals surface area (Å²) in [4.78, 5) is 41.2. The minimum absolute atomic E-state index is 0.169. The van der Waals surface area contributed by atoms with Gasteiger partial charge in [-0.05, 0) is 23.3 Å². The highest BCUT2D eigenvalue weighted by Crippen LogP contribution is 2.33. The van der Waals surface area contributed by atoms with Gasteiger partial charge < -0.3 is 15.0 Å². The van der Waals surface area contributed by atoms with Crippen LogP contribution in [0.15, 0.2) is 60.3 Å². The molecule has 1 fully saturated rings. The third-order valence-electron chi connectivity index (χ3n) is 5.15. The molecule has 0 aromatic heterocycles. The van der Waals surface area contributed by atoms with Crippen LogP contribution in [0.2, 0.25) is 0 Å². The number of rotatable bonds is 5. The van der Waals surface area contributed by atoms with Crippen LogP contribution in [0.5, 0.6) is 0 Å². The van der Waals surface area contributed by atoms with E-state index in [1.807, 2.05) is 35.2 Å². The minimum Gasteiger partial charge on any atom is -0.378 e. The van der Waals surface area contributed by atoms with Crippen molar-refractivity contribution in [1.29, 1.82) is 0 Å². The summed E-state index contributed by atoms with van der Waals surface area (Å²) in [5, 5.41) is 2.71. The molecule has 0 aliphatic carbocycles. The molecule has 154 valence electrons. The first-order chi connectivity index (χ1) is 14.5. The molecule has 2 heterocycles. The normalized spacial score (nSPS) is 17.0. The molecule has 4 rings (SSSR count). The average Bonchev–Trinajstić information content (AvgIpc) is 3.00. The van der Waals surface area contributed by atoms with E-state index >= 15 is 0 Å². The molecule has 0 unspecified atom stereocenters. The number of morpholine rings is 1. The van der Waals surface area contributed by atoms with E-state index in [0.717, 1.165) is 5.56 Å². The van der Waals surface area contributed by atoms with Gasteiger partial charge in [-0.2, -0.15) is 0 Å². The molecule has 1 N–H and O–H groups in total. The number of hydrogen-bond donors (Lipinski definition) is 1. The Morgan fingerprint density at radius 3 is 2.27 bits per heavy atom. The molecule has 1 saturated heterocycles. The first kappa shape index (κ1) is 19.8. The zero-order chi connectivity index (χ0) is 21.1. The Bertz CT molecular complexity index is 993. The topological polar surface area (TPSA) is 79.0 Å². The fourth-order valence-corrected chi connectivity index (χ4v) is 3.74. The molecule has 0 saturated carbocycles. The SMILES string of the molecule is CC(=O)Nc1ccc(C2=C(N3CCOCC3)C(=O)N(Cc3ccccc3)C2=O)cc1. The summed E-state index contributed by atoms with van der Waals surface area (Å²) < 4.78 is 5.42. The van der Waals surface area contributed by atoms with Gasteiger partial charge in [-0.15, -0.1) is 0 Å². The van der Waals surface area contributed by atoms with E-state index in [9.17, 15) is 14.4 Å². The first-order valence-electron chi connectivity index (χ1n) is 9.89. The van der Waals surface area contributed by atoms with E-state index in [-0.39, 0.29) is 24.3 Å². The molecule has 0 spiro atoms. The van der Waals surface area contributed by atoms with Gasteiger partial charge in [0.25, 0.3) is 11.8 Å². The van der Waals surface area contributed by atoms with E-state index in [1.165, 1.54) is 11.8 Å². The predicted octanol–water partition coefficient (Wildman–Crippen LogP) is 2.26. The molecular formula is C23H23N3O4. The van der Waals surface area contributed by atoms with Crippen molar-refractivity contribution < 1.29 is 19.1 Å². The Labute approximate surface area is 174 Å². The van der Waals surface area contributed by atoms with Crippen LogP contribution in [0.3, 0.4) is 0 Å². The quantitative estimate of drug-likeness (QED) is 0.772. The zero-order valence-corrected chi connectivity index (χ0v) is 16.8. The number of nitrogens with one attached hydrogen (secondary N) is 1. The van der Waals surface area contributed by atoms with Crippen LogP contribution in [0.4, 0.5) is 5.69 Å². The summed E-state index contributed by atoms with van der Waals surface area (Å²) in [6.45, 7) is 3.80. The smallest absolute Gasteiger partial charge is 0.278 e. The van der Waals surface area contributed by atoms with Gasteiger partial charge in [0.1, 0.15) is 5.70 Å². The van der Waals surface area contributed by atoms with Crippen LogP contribution in [-0.4, -0.2) is 53.8 Å². The van der Waals surface area contributed by atoms with Crippen LogP contribution >= 0.6 is 0 Å². The van der Waals surface area contributed by atoms with Gasteiger partial charge in [-0.3, -0.25) is 19.3 Å². The van der Waals surface area contributed by atoms with Crippen molar-refractivity contribution in [3.05, 3.63) is 71.4 Å². The summed E-state index contributed by atoms with van der Waals surface area (Å²) >= 11 is 0. The number of carbonyl (C=O) groups is 3. The molecule has 0 atom stereocenters. The largest absolute Gasteiger partial charge is 0.378 e. The Kier molecular flexibility index (Phi) is 5.63. The molecular weight excluding hydrogens is 382 g/mol. The van der Waals surface area contributed by atoms with E-state index < -0.39 is 0 Å². The van der Waals surface area contributed by atoms with Crippen LogP contribution in [0.1, 0.15) is 18.1 Å². The fraction of sp³-hybridized carbons (Fsp3) is 0.261. The van der Waals surface area contributed by atoms with E-state index in [4.69, 9.17) is 4.74 Å². The standard InChI is InChI=1S/C23H23N3O4/c1-16(27)24-19-9-7-18(8-10-19)20-21(25-11-13-30-14-12-25)23(29)26(22(20)28)15-17-5-3-2-4-6-17/h2-10H,11-15H2,1H3,(H,24,27). The van der Waals surface area contributed by atoms with E-state index in [1.54, 1.807) is 24.3 Å². The Morgan fingerprint density at radius 2 is 1.63 bits per heavy atom. The molecule has 2 aromatic rings. The molecule has 7 heteroatoms. The summed E-state index contributed by atoms with van der Waals surface area (Å²) in [5.74, 6) is -0.763. The number of ether oxygens (including phenoxy) is 1. The lowest BCUT2D eigenvalue weighted by atomic mass is 10.0. The molecule has 2 aliphatic rings. The minimum atomic E-state index is -0.308. The van der Waals surface area contributed by atoms with E-state index in [2.05, 4.69) is 5.32 Å². The van der Waals surface area contributed by atoms with Crippen LogP contribution in [0, 0.1) is 0 Å². The predicted molar refractivity (Wildman–Crippen MR) is 112 cm³/mol. The maximum atomic E-state index is 13.4. The van der Waals surface area contributed by atoms with Crippen molar-refractivity contribution in [2.45, 2.75) is 13.5 Å². The van der Waals surface area contributed by atoms with Gasteiger partial charge in [0.15, 0.2) is 0 Å². The highest BCUT2D eigenvalue weighted by molar-refractivity contribution is 6.35. The van der Waals surface area contributed by atoms with Crippen LogP contribution in [0.25, 0.3) is 5.57 Å². The van der Waals surface area contributed by atoms with Crippen molar-refractivity contribution in [2.75, 3.05) is 31.6 Å². The second-order valence-corrected chi connectivity index (χ2v) is 7.26. The first-order valence-corrected chi connectivity index (χ1v) is 9.89. The van der Waals surface area contributed by atoms with Crippen molar-refractivity contribution >= 4 is 29.0 Å². The lowest BCUT2D eigenvalue weighted by molar-refractivity contribution is -0.138. The van der Waals surface area contributed by atoms with Crippen molar-refractivity contribution in [2.24, 2.45) is 0 Å². The van der Waals surface area contributed by atoms with E-state index in [0.29, 0.717) is 48.8 Å². The molecule has 30 heavy (non-hydrogen) atoms. The summed E-state index contributed by atoms with van der Waals surface area (Å²) in [7, 11) is 0. The summed E-state index contributed by atoms with van der Waals surface area (Å²) in [5.41, 5.74) is 3.00. The summed E-state index contributed by atoms with van der Waals surface area (Å²) in [6, 6.07) is 16.5. The highest BCUT2D eigenvalue weighted by Gasteiger charge is 2.41. The van der Waals surface area contributed by atoms with Crippen LogP contribution < -0.4 is 5.32 Å². The average molecular weight is 405 g/mol. The monoisotopic (exact) mass is 405 g/mol. The zero-order valence-electron chi connectivity index (χ0n) is 16.8. The number of nitrogens with zero attached hydrogens (tertiary/aromatic N) is 2. The number of imide groups is 1. The van der Waals surface area contributed by atoms with Gasteiger partial charge in [-0.25, -0.2) is 0 Å².